The van der Waals surface area contributed by atoms with E-state index in [1.54, 1.807) is 6.92 Å². The highest BCUT2D eigenvalue weighted by molar-refractivity contribution is 5.69. The summed E-state index contributed by atoms with van der Waals surface area (Å²) in [6, 6.07) is 0. The molecule has 0 aliphatic rings. The van der Waals surface area contributed by atoms with Crippen LogP contribution in [-0.2, 0) is 4.79 Å². The van der Waals surface area contributed by atoms with E-state index in [1.165, 1.54) is 0 Å². The van der Waals surface area contributed by atoms with Crippen molar-refractivity contribution in [3.8, 4) is 0 Å². The lowest BCUT2D eigenvalue weighted by Gasteiger charge is -2.00. The molecular formula is C11H20O3. The van der Waals surface area contributed by atoms with Crippen LogP contribution in [0.2, 0.25) is 0 Å². The first-order valence-corrected chi connectivity index (χ1v) is 5.17. The number of hydrogen-bond acceptors (Lipinski definition) is 2. The number of aliphatic hydroxyl groups is 1. The summed E-state index contributed by atoms with van der Waals surface area (Å²) >= 11 is 0. The maximum Gasteiger partial charge on any atom is 0.306 e. The monoisotopic (exact) mass is 200 g/mol. The topological polar surface area (TPSA) is 57.5 Å². The lowest BCUT2D eigenvalue weighted by atomic mass is 10.1. The highest BCUT2D eigenvalue weighted by Gasteiger charge is 2.06. The van der Waals surface area contributed by atoms with Gasteiger partial charge in [-0.2, -0.15) is 0 Å². The molecule has 0 fully saturated rings. The van der Waals surface area contributed by atoms with Crippen molar-refractivity contribution in [1.29, 1.82) is 0 Å². The largest absolute Gasteiger partial charge is 0.481 e. The molecule has 0 saturated heterocycles. The first-order valence-electron chi connectivity index (χ1n) is 5.17. The van der Waals surface area contributed by atoms with Gasteiger partial charge in [-0.05, 0) is 25.7 Å². The first kappa shape index (κ1) is 13.2. The van der Waals surface area contributed by atoms with Gasteiger partial charge in [-0.15, -0.1) is 0 Å². The second-order valence-corrected chi connectivity index (χ2v) is 3.52. The molecule has 0 aliphatic carbocycles. The number of hydrogen-bond donors (Lipinski definition) is 2. The minimum absolute atomic E-state index is 0.264. The predicted molar refractivity (Wildman–Crippen MR) is 56.1 cm³/mol. The Kier molecular flexibility index (Phi) is 8.24. The normalized spacial score (nSPS) is 13.3. The van der Waals surface area contributed by atoms with E-state index >= 15 is 0 Å². The van der Waals surface area contributed by atoms with Crippen LogP contribution >= 0.6 is 0 Å². The molecule has 0 radical (unpaired) electrons. The Balaban J connectivity index is 3.31. The number of aliphatic hydroxyl groups excluding tert-OH is 1. The number of unbranched alkanes of at least 4 members (excludes halogenated alkanes) is 3. The number of carboxylic acids is 1. The molecule has 0 aliphatic heterocycles. The molecule has 82 valence electrons. The fourth-order valence-corrected chi connectivity index (χ4v) is 1.07. The Bertz CT molecular complexity index is 175. The molecule has 0 amide bonds. The van der Waals surface area contributed by atoms with Crippen LogP contribution in [0, 0.1) is 5.92 Å². The Morgan fingerprint density at radius 3 is 2.57 bits per heavy atom. The molecule has 0 rings (SSSR count). The zero-order valence-corrected chi connectivity index (χ0v) is 8.78. The van der Waals surface area contributed by atoms with Crippen LogP contribution < -0.4 is 0 Å². The van der Waals surface area contributed by atoms with Crippen molar-refractivity contribution in [2.24, 2.45) is 5.92 Å². The second kappa shape index (κ2) is 8.75. The van der Waals surface area contributed by atoms with Gasteiger partial charge in [-0.25, -0.2) is 0 Å². The van der Waals surface area contributed by atoms with Crippen LogP contribution in [-0.4, -0.2) is 22.8 Å². The van der Waals surface area contributed by atoms with Crippen LogP contribution in [0.25, 0.3) is 0 Å². The minimum atomic E-state index is -0.741. The molecule has 14 heavy (non-hydrogen) atoms. The fraction of sp³-hybridized carbons (Fsp3) is 0.727. The smallest absolute Gasteiger partial charge is 0.306 e. The van der Waals surface area contributed by atoms with E-state index in [1.807, 2.05) is 12.2 Å². The van der Waals surface area contributed by atoms with Crippen molar-refractivity contribution < 1.29 is 15.0 Å². The van der Waals surface area contributed by atoms with Crippen LogP contribution in [0.4, 0.5) is 0 Å². The summed E-state index contributed by atoms with van der Waals surface area (Å²) in [7, 11) is 0. The third-order valence-corrected chi connectivity index (χ3v) is 2.11. The number of aliphatic carboxylic acids is 1. The van der Waals surface area contributed by atoms with Gasteiger partial charge in [-0.1, -0.05) is 25.5 Å². The molecule has 2 N–H and O–H groups in total. The van der Waals surface area contributed by atoms with E-state index < -0.39 is 5.97 Å². The van der Waals surface area contributed by atoms with E-state index in [9.17, 15) is 4.79 Å². The van der Waals surface area contributed by atoms with Gasteiger partial charge >= 0.3 is 5.97 Å². The average Bonchev–Trinajstić information content (AvgIpc) is 2.16. The summed E-state index contributed by atoms with van der Waals surface area (Å²) in [5.74, 6) is -1.03. The summed E-state index contributed by atoms with van der Waals surface area (Å²) in [4.78, 5) is 10.4. The van der Waals surface area contributed by atoms with E-state index in [-0.39, 0.29) is 12.5 Å². The quantitative estimate of drug-likeness (QED) is 0.466. The molecule has 0 bridgehead atoms. The fourth-order valence-electron chi connectivity index (χ4n) is 1.07. The lowest BCUT2D eigenvalue weighted by molar-refractivity contribution is -0.140. The van der Waals surface area contributed by atoms with Crippen LogP contribution in [0.3, 0.4) is 0 Å². The van der Waals surface area contributed by atoms with E-state index in [0.29, 0.717) is 6.42 Å². The van der Waals surface area contributed by atoms with Gasteiger partial charge in [0.05, 0.1) is 5.92 Å². The van der Waals surface area contributed by atoms with E-state index in [2.05, 4.69) is 0 Å². The van der Waals surface area contributed by atoms with E-state index in [4.69, 9.17) is 10.2 Å². The van der Waals surface area contributed by atoms with Crippen LogP contribution in [0.5, 0.6) is 0 Å². The zero-order chi connectivity index (χ0) is 10.8. The van der Waals surface area contributed by atoms with Crippen molar-refractivity contribution in [2.45, 2.75) is 39.0 Å². The molecule has 1 atom stereocenters. The molecule has 0 saturated carbocycles. The molecule has 3 heteroatoms. The molecule has 3 nitrogen and oxygen atoms in total. The molecule has 1 unspecified atom stereocenters. The summed E-state index contributed by atoms with van der Waals surface area (Å²) in [5.41, 5.74) is 0. The van der Waals surface area contributed by atoms with Gasteiger partial charge in [0.25, 0.3) is 0 Å². The van der Waals surface area contributed by atoms with Crippen molar-refractivity contribution in [2.75, 3.05) is 6.61 Å². The van der Waals surface area contributed by atoms with Gasteiger partial charge in [0, 0.05) is 6.61 Å². The van der Waals surface area contributed by atoms with Gasteiger partial charge < -0.3 is 10.2 Å². The SMILES string of the molecule is CC(CC=CCCCCCO)C(=O)O. The molecule has 0 aromatic rings. The average molecular weight is 200 g/mol. The highest BCUT2D eigenvalue weighted by Crippen LogP contribution is 2.05. The Morgan fingerprint density at radius 2 is 2.00 bits per heavy atom. The maximum atomic E-state index is 10.4. The number of carboxylic acid groups (broad SMARTS) is 1. The van der Waals surface area contributed by atoms with Gasteiger partial charge in [-0.3, -0.25) is 4.79 Å². The van der Waals surface area contributed by atoms with Gasteiger partial charge in [0.1, 0.15) is 0 Å². The first-order chi connectivity index (χ1) is 6.68. The van der Waals surface area contributed by atoms with Crippen LogP contribution in [0.15, 0.2) is 12.2 Å². The molecule has 0 spiro atoms. The third-order valence-electron chi connectivity index (χ3n) is 2.11. The van der Waals surface area contributed by atoms with Gasteiger partial charge in [0.2, 0.25) is 0 Å². The predicted octanol–water partition coefficient (Wildman–Crippen LogP) is 2.21. The second-order valence-electron chi connectivity index (χ2n) is 3.52. The van der Waals surface area contributed by atoms with Crippen molar-refractivity contribution in [1.82, 2.24) is 0 Å². The number of rotatable bonds is 8. The Labute approximate surface area is 85.4 Å². The summed E-state index contributed by atoms with van der Waals surface area (Å²) < 4.78 is 0. The zero-order valence-electron chi connectivity index (χ0n) is 8.78. The standard InChI is InChI=1S/C11H20O3/c1-10(11(13)14)8-6-4-2-3-5-7-9-12/h4,6,10,12H,2-3,5,7-9H2,1H3,(H,13,14). The van der Waals surface area contributed by atoms with Gasteiger partial charge in [0.15, 0.2) is 0 Å². The molecule has 0 aromatic heterocycles. The van der Waals surface area contributed by atoms with Crippen molar-refractivity contribution in [3.63, 3.8) is 0 Å². The maximum absolute atomic E-state index is 10.4. The molecule has 0 aromatic carbocycles. The summed E-state index contributed by atoms with van der Waals surface area (Å²) in [6.07, 6.45) is 8.50. The van der Waals surface area contributed by atoms with Crippen molar-refractivity contribution >= 4 is 5.97 Å². The number of allylic oxidation sites excluding steroid dienone is 2. The highest BCUT2D eigenvalue weighted by atomic mass is 16.4. The van der Waals surface area contributed by atoms with E-state index in [0.717, 1.165) is 25.7 Å². The minimum Gasteiger partial charge on any atom is -0.481 e. The summed E-state index contributed by atoms with van der Waals surface area (Å²) in [5, 5.41) is 17.1. The Morgan fingerprint density at radius 1 is 1.29 bits per heavy atom. The Hall–Kier alpha value is -0.830. The molecular weight excluding hydrogens is 180 g/mol. The lowest BCUT2D eigenvalue weighted by Crippen LogP contribution is -2.07. The summed E-state index contributed by atoms with van der Waals surface area (Å²) in [6.45, 7) is 1.97. The van der Waals surface area contributed by atoms with Crippen molar-refractivity contribution in [3.05, 3.63) is 12.2 Å². The van der Waals surface area contributed by atoms with Crippen LogP contribution in [0.1, 0.15) is 39.0 Å². The third kappa shape index (κ3) is 7.80. The molecule has 0 heterocycles. The number of carbonyl (C=O) groups is 1.